The highest BCUT2D eigenvalue weighted by Gasteiger charge is 2.31. The van der Waals surface area contributed by atoms with E-state index in [-0.39, 0.29) is 22.2 Å². The van der Waals surface area contributed by atoms with Crippen molar-refractivity contribution in [3.8, 4) is 0 Å². The number of aromatic nitrogens is 3. The third-order valence-electron chi connectivity index (χ3n) is 5.11. The van der Waals surface area contributed by atoms with Gasteiger partial charge in [0.25, 0.3) is 0 Å². The van der Waals surface area contributed by atoms with Gasteiger partial charge in [-0.25, -0.2) is 18.3 Å². The lowest BCUT2D eigenvalue weighted by atomic mass is 9.94. The molecule has 0 bridgehead atoms. The lowest BCUT2D eigenvalue weighted by Gasteiger charge is -2.34. The predicted octanol–water partition coefficient (Wildman–Crippen LogP) is 2.38. The number of nitrogens with one attached hydrogen (secondary N) is 2. The molecule has 2 N–H and O–H groups in total. The molecule has 0 saturated carbocycles. The van der Waals surface area contributed by atoms with Crippen molar-refractivity contribution in [3.63, 3.8) is 0 Å². The first kappa shape index (κ1) is 23.6. The van der Waals surface area contributed by atoms with Crippen molar-refractivity contribution in [2.75, 3.05) is 24.2 Å². The van der Waals surface area contributed by atoms with E-state index in [4.69, 9.17) is 0 Å². The summed E-state index contributed by atoms with van der Waals surface area (Å²) in [4.78, 5) is 24.2. The van der Waals surface area contributed by atoms with Crippen LogP contribution in [-0.4, -0.2) is 52.2 Å². The van der Waals surface area contributed by atoms with Crippen LogP contribution in [0.4, 0.5) is 5.69 Å². The third-order valence-corrected chi connectivity index (χ3v) is 7.94. The maximum Gasteiger partial charge on any atom is 0.343 e. The molecule has 1 aliphatic heterocycles. The minimum absolute atomic E-state index is 0.0810. The second-order valence-electron chi connectivity index (χ2n) is 8.09. The lowest BCUT2D eigenvalue weighted by Crippen LogP contribution is -2.42. The second-order valence-corrected chi connectivity index (χ2v) is 11.0. The van der Waals surface area contributed by atoms with Crippen molar-refractivity contribution >= 4 is 33.4 Å². The number of sulfonamides is 1. The smallest absolute Gasteiger partial charge is 0.325 e. The summed E-state index contributed by atoms with van der Waals surface area (Å²) in [5, 5.41) is 9.55. The minimum atomic E-state index is -3.55. The summed E-state index contributed by atoms with van der Waals surface area (Å²) in [5.74, 6) is 0.478. The summed E-state index contributed by atoms with van der Waals surface area (Å²) in [6.45, 7) is 7.68. The molecule has 2 heterocycles. The Labute approximate surface area is 186 Å². The van der Waals surface area contributed by atoms with Gasteiger partial charge in [0.1, 0.15) is 0 Å². The van der Waals surface area contributed by atoms with E-state index >= 15 is 0 Å². The molecule has 31 heavy (non-hydrogen) atoms. The molecule has 0 aliphatic carbocycles. The first-order valence-electron chi connectivity index (χ1n) is 10.4. The van der Waals surface area contributed by atoms with Gasteiger partial charge >= 0.3 is 5.69 Å². The number of hydrogen-bond donors (Lipinski definition) is 2. The normalized spacial score (nSPS) is 20.0. The fourth-order valence-corrected chi connectivity index (χ4v) is 6.27. The summed E-state index contributed by atoms with van der Waals surface area (Å²) in [6.07, 6.45) is 1.81. The van der Waals surface area contributed by atoms with Gasteiger partial charge in [-0.2, -0.15) is 4.31 Å². The van der Waals surface area contributed by atoms with Crippen LogP contribution >= 0.6 is 11.8 Å². The van der Waals surface area contributed by atoms with Crippen LogP contribution in [0.3, 0.4) is 0 Å². The molecule has 1 aromatic heterocycles. The maximum atomic E-state index is 13.0. The number of nitrogens with zero attached hydrogens (tertiary/aromatic N) is 3. The van der Waals surface area contributed by atoms with Crippen LogP contribution in [0.5, 0.6) is 0 Å². The van der Waals surface area contributed by atoms with E-state index in [2.05, 4.69) is 29.4 Å². The Bertz CT molecular complexity index is 1050. The zero-order valence-corrected chi connectivity index (χ0v) is 19.6. The van der Waals surface area contributed by atoms with E-state index < -0.39 is 10.0 Å². The van der Waals surface area contributed by atoms with Crippen molar-refractivity contribution in [2.24, 2.45) is 11.8 Å². The summed E-state index contributed by atoms with van der Waals surface area (Å²) in [7, 11) is -3.55. The van der Waals surface area contributed by atoms with Crippen LogP contribution in [0.15, 0.2) is 39.1 Å². The van der Waals surface area contributed by atoms with Gasteiger partial charge in [-0.05, 0) is 48.9 Å². The van der Waals surface area contributed by atoms with E-state index in [1.165, 1.54) is 28.5 Å². The monoisotopic (exact) mass is 467 g/mol. The third kappa shape index (κ3) is 5.78. The Morgan fingerprint density at radius 3 is 2.48 bits per heavy atom. The van der Waals surface area contributed by atoms with Crippen LogP contribution in [-0.2, 0) is 21.4 Å². The summed E-state index contributed by atoms with van der Waals surface area (Å²) in [5.41, 5.74) is 0.219. The van der Waals surface area contributed by atoms with Gasteiger partial charge in [0.2, 0.25) is 15.9 Å². The van der Waals surface area contributed by atoms with Gasteiger partial charge in [-0.1, -0.05) is 32.5 Å². The molecule has 1 fully saturated rings. The SMILES string of the molecule is CCCn1c(SCC(=O)Nc2ccc(S(=O)(=O)N3C[C@H](C)C[C@@H](C)C3)cc2)n[nH]c1=O. The Morgan fingerprint density at radius 1 is 1.23 bits per heavy atom. The molecule has 0 radical (unpaired) electrons. The second kappa shape index (κ2) is 10.0. The van der Waals surface area contributed by atoms with Gasteiger partial charge in [0, 0.05) is 25.3 Å². The van der Waals surface area contributed by atoms with E-state index in [0.29, 0.717) is 42.3 Å². The number of hydrogen-bond acceptors (Lipinski definition) is 6. The number of rotatable bonds is 8. The first-order chi connectivity index (χ1) is 14.7. The molecular weight excluding hydrogens is 438 g/mol. The van der Waals surface area contributed by atoms with Gasteiger partial charge in [0.15, 0.2) is 5.16 Å². The molecule has 2 aromatic rings. The van der Waals surface area contributed by atoms with Gasteiger partial charge < -0.3 is 5.32 Å². The number of thioether (sulfide) groups is 1. The van der Waals surface area contributed by atoms with Crippen LogP contribution < -0.4 is 11.0 Å². The summed E-state index contributed by atoms with van der Waals surface area (Å²) < 4.78 is 29.0. The Balaban J connectivity index is 1.60. The van der Waals surface area contributed by atoms with Gasteiger partial charge in [-0.15, -0.1) is 5.10 Å². The van der Waals surface area contributed by atoms with Crippen molar-refractivity contribution in [2.45, 2.75) is 50.2 Å². The van der Waals surface area contributed by atoms with Crippen molar-refractivity contribution in [3.05, 3.63) is 34.7 Å². The summed E-state index contributed by atoms with van der Waals surface area (Å²) in [6, 6.07) is 6.23. The highest BCUT2D eigenvalue weighted by Crippen LogP contribution is 2.27. The van der Waals surface area contributed by atoms with Crippen LogP contribution in [0.2, 0.25) is 0 Å². The first-order valence-corrected chi connectivity index (χ1v) is 12.8. The molecule has 170 valence electrons. The van der Waals surface area contributed by atoms with Crippen molar-refractivity contribution in [1.29, 1.82) is 0 Å². The number of amides is 1. The Kier molecular flexibility index (Phi) is 7.60. The van der Waals surface area contributed by atoms with E-state index in [1.807, 2.05) is 6.92 Å². The van der Waals surface area contributed by atoms with E-state index in [1.54, 1.807) is 16.4 Å². The van der Waals surface area contributed by atoms with Crippen LogP contribution in [0.25, 0.3) is 0 Å². The van der Waals surface area contributed by atoms with E-state index in [9.17, 15) is 18.0 Å². The highest BCUT2D eigenvalue weighted by molar-refractivity contribution is 7.99. The average Bonchev–Trinajstić information content (AvgIpc) is 3.06. The molecule has 2 atom stereocenters. The predicted molar refractivity (Wildman–Crippen MR) is 121 cm³/mol. The molecule has 9 nitrogen and oxygen atoms in total. The lowest BCUT2D eigenvalue weighted by molar-refractivity contribution is -0.113. The highest BCUT2D eigenvalue weighted by atomic mass is 32.2. The standard InChI is InChI=1S/C20H29N5O4S2/c1-4-9-25-19(27)22-23-20(25)30-13-18(26)21-16-5-7-17(8-6-16)31(28,29)24-11-14(2)10-15(3)12-24/h5-8,14-15H,4,9-13H2,1-3H3,(H,21,26)(H,22,27)/t14-,15-/m1/s1. The molecule has 1 amide bonds. The van der Waals surface area contributed by atoms with Gasteiger partial charge in [0.05, 0.1) is 10.6 Å². The molecule has 11 heteroatoms. The fourth-order valence-electron chi connectivity index (χ4n) is 3.82. The number of aromatic amines is 1. The Hall–Kier alpha value is -2.11. The zero-order chi connectivity index (χ0) is 22.6. The van der Waals surface area contributed by atoms with Crippen LogP contribution in [0.1, 0.15) is 33.6 Å². The number of benzene rings is 1. The Morgan fingerprint density at radius 2 is 1.87 bits per heavy atom. The molecule has 1 aromatic carbocycles. The largest absolute Gasteiger partial charge is 0.343 e. The zero-order valence-electron chi connectivity index (χ0n) is 18.0. The topological polar surface area (TPSA) is 117 Å². The van der Waals surface area contributed by atoms with Gasteiger partial charge in [-0.3, -0.25) is 9.36 Å². The minimum Gasteiger partial charge on any atom is -0.325 e. The number of H-pyrrole nitrogens is 1. The summed E-state index contributed by atoms with van der Waals surface area (Å²) >= 11 is 1.17. The van der Waals surface area contributed by atoms with E-state index in [0.717, 1.165) is 12.8 Å². The molecule has 1 saturated heterocycles. The number of piperidine rings is 1. The average molecular weight is 468 g/mol. The molecule has 3 rings (SSSR count). The fraction of sp³-hybridized carbons (Fsp3) is 0.550. The van der Waals surface area contributed by atoms with Crippen molar-refractivity contribution < 1.29 is 13.2 Å². The van der Waals surface area contributed by atoms with Crippen molar-refractivity contribution in [1.82, 2.24) is 19.1 Å². The number of carbonyl (C=O) groups excluding carboxylic acids is 1. The van der Waals surface area contributed by atoms with Crippen LogP contribution in [0, 0.1) is 11.8 Å². The molecule has 1 aliphatic rings. The quantitative estimate of drug-likeness (QED) is 0.576. The maximum absolute atomic E-state index is 13.0. The number of carbonyl (C=O) groups is 1. The molecule has 0 unspecified atom stereocenters. The molecular formula is C20H29N5O4S2. The number of anilines is 1. The molecule has 0 spiro atoms.